The van der Waals surface area contributed by atoms with Gasteiger partial charge in [0, 0.05) is 23.7 Å². The Hall–Kier alpha value is -3.54. The highest BCUT2D eigenvalue weighted by molar-refractivity contribution is 5.96. The maximum atomic E-state index is 13.0. The van der Waals surface area contributed by atoms with Gasteiger partial charge in [-0.1, -0.05) is 42.5 Å². The van der Waals surface area contributed by atoms with Gasteiger partial charge in [0.1, 0.15) is 12.4 Å². The van der Waals surface area contributed by atoms with Crippen LogP contribution in [0.15, 0.2) is 71.6 Å². The number of methoxy groups -OCH3 is 2. The molecule has 6 nitrogen and oxygen atoms in total. The minimum absolute atomic E-state index is 0.108. The van der Waals surface area contributed by atoms with Gasteiger partial charge in [-0.3, -0.25) is 4.79 Å². The number of rotatable bonds is 6. The quantitative estimate of drug-likeness (QED) is 0.686. The van der Waals surface area contributed by atoms with E-state index in [0.717, 1.165) is 16.8 Å². The molecule has 1 aliphatic heterocycles. The molecule has 32 heavy (non-hydrogen) atoms. The van der Waals surface area contributed by atoms with E-state index in [1.807, 2.05) is 61.5 Å². The van der Waals surface area contributed by atoms with E-state index in [2.05, 4.69) is 5.32 Å². The van der Waals surface area contributed by atoms with Gasteiger partial charge in [0.2, 0.25) is 0 Å². The summed E-state index contributed by atoms with van der Waals surface area (Å²) in [6.07, 6.45) is 3.19. The third-order valence-corrected chi connectivity index (χ3v) is 6.01. The minimum atomic E-state index is -0.465. The summed E-state index contributed by atoms with van der Waals surface area (Å²) in [5, 5.41) is 3.26. The van der Waals surface area contributed by atoms with Crippen molar-refractivity contribution in [3.63, 3.8) is 0 Å². The SMILES string of the molecule is COC(=O)C1=C(C)NC2=CCCC(=O)C2C1c1ccc(OC)c(OCc2ccccc2)c1. The molecule has 0 saturated heterocycles. The van der Waals surface area contributed by atoms with Crippen molar-refractivity contribution in [2.75, 3.05) is 14.2 Å². The van der Waals surface area contributed by atoms with Crippen molar-refractivity contribution in [2.24, 2.45) is 5.92 Å². The summed E-state index contributed by atoms with van der Waals surface area (Å²) in [7, 11) is 2.94. The molecule has 2 aromatic rings. The maximum Gasteiger partial charge on any atom is 0.336 e. The highest BCUT2D eigenvalue weighted by atomic mass is 16.5. The summed E-state index contributed by atoms with van der Waals surface area (Å²) < 4.78 is 16.7. The van der Waals surface area contributed by atoms with Gasteiger partial charge in [0.05, 0.1) is 25.7 Å². The Morgan fingerprint density at radius 3 is 2.56 bits per heavy atom. The zero-order chi connectivity index (χ0) is 22.7. The van der Waals surface area contributed by atoms with E-state index in [0.29, 0.717) is 42.2 Å². The molecule has 166 valence electrons. The first-order valence-corrected chi connectivity index (χ1v) is 10.7. The van der Waals surface area contributed by atoms with Crippen molar-refractivity contribution in [1.29, 1.82) is 0 Å². The van der Waals surface area contributed by atoms with Crippen LogP contribution in [0, 0.1) is 5.92 Å². The van der Waals surface area contributed by atoms with Gasteiger partial charge >= 0.3 is 5.97 Å². The Morgan fingerprint density at radius 1 is 1.06 bits per heavy atom. The molecule has 0 amide bonds. The maximum absolute atomic E-state index is 13.0. The molecule has 2 aliphatic rings. The van der Waals surface area contributed by atoms with Crippen LogP contribution in [0.5, 0.6) is 11.5 Å². The van der Waals surface area contributed by atoms with Crippen molar-refractivity contribution >= 4 is 11.8 Å². The lowest BCUT2D eigenvalue weighted by Crippen LogP contribution is -2.40. The van der Waals surface area contributed by atoms with E-state index in [-0.39, 0.29) is 5.78 Å². The van der Waals surface area contributed by atoms with E-state index in [1.54, 1.807) is 7.11 Å². The number of hydrogen-bond acceptors (Lipinski definition) is 6. The van der Waals surface area contributed by atoms with E-state index in [1.165, 1.54) is 7.11 Å². The Kier molecular flexibility index (Phi) is 6.30. The van der Waals surface area contributed by atoms with Crippen molar-refractivity contribution in [3.8, 4) is 11.5 Å². The van der Waals surface area contributed by atoms with Crippen LogP contribution < -0.4 is 14.8 Å². The molecule has 0 bridgehead atoms. The van der Waals surface area contributed by atoms with Crippen LogP contribution in [0.25, 0.3) is 0 Å². The van der Waals surface area contributed by atoms with E-state index >= 15 is 0 Å². The molecule has 0 saturated carbocycles. The molecule has 1 heterocycles. The van der Waals surface area contributed by atoms with Crippen LogP contribution in [-0.2, 0) is 20.9 Å². The smallest absolute Gasteiger partial charge is 0.336 e. The number of ketones is 1. The average Bonchev–Trinajstić information content (AvgIpc) is 2.82. The highest BCUT2D eigenvalue weighted by Crippen LogP contribution is 2.45. The largest absolute Gasteiger partial charge is 0.493 e. The van der Waals surface area contributed by atoms with Crippen LogP contribution in [0.1, 0.15) is 36.8 Å². The third kappa shape index (κ3) is 4.13. The van der Waals surface area contributed by atoms with Gasteiger partial charge in [0.25, 0.3) is 0 Å². The first-order chi connectivity index (χ1) is 15.5. The molecule has 2 atom stereocenters. The number of benzene rings is 2. The number of carbonyl (C=O) groups excluding carboxylic acids is 2. The number of nitrogens with one attached hydrogen (secondary N) is 1. The molecule has 6 heteroatoms. The van der Waals surface area contributed by atoms with E-state index in [4.69, 9.17) is 14.2 Å². The van der Waals surface area contributed by atoms with E-state index in [9.17, 15) is 9.59 Å². The van der Waals surface area contributed by atoms with Gasteiger partial charge in [0.15, 0.2) is 11.5 Å². The Labute approximate surface area is 187 Å². The Morgan fingerprint density at radius 2 is 1.84 bits per heavy atom. The number of allylic oxidation sites excluding steroid dienone is 3. The predicted molar refractivity (Wildman–Crippen MR) is 120 cm³/mol. The molecule has 0 aromatic heterocycles. The van der Waals surface area contributed by atoms with Crippen molar-refractivity contribution in [3.05, 3.63) is 82.7 Å². The van der Waals surface area contributed by atoms with Gasteiger partial charge in [-0.2, -0.15) is 0 Å². The molecule has 0 spiro atoms. The van der Waals surface area contributed by atoms with Crippen molar-refractivity contribution in [1.82, 2.24) is 5.32 Å². The zero-order valence-electron chi connectivity index (χ0n) is 18.5. The van der Waals surface area contributed by atoms with Crippen LogP contribution >= 0.6 is 0 Å². The number of esters is 1. The first-order valence-electron chi connectivity index (χ1n) is 10.7. The fraction of sp³-hybridized carbons (Fsp3) is 0.308. The predicted octanol–water partition coefficient (Wildman–Crippen LogP) is 4.27. The molecule has 1 N–H and O–H groups in total. The van der Waals surface area contributed by atoms with Crippen molar-refractivity contribution in [2.45, 2.75) is 32.3 Å². The summed E-state index contributed by atoms with van der Waals surface area (Å²) in [6.45, 7) is 2.21. The van der Waals surface area contributed by atoms with Crippen LogP contribution in [0.4, 0.5) is 0 Å². The Bertz CT molecular complexity index is 1090. The fourth-order valence-corrected chi connectivity index (χ4v) is 4.49. The number of carbonyl (C=O) groups is 2. The van der Waals surface area contributed by atoms with Gasteiger partial charge in [-0.25, -0.2) is 4.79 Å². The molecule has 4 rings (SSSR count). The minimum Gasteiger partial charge on any atom is -0.493 e. The molecular weight excluding hydrogens is 406 g/mol. The average molecular weight is 434 g/mol. The van der Waals surface area contributed by atoms with Gasteiger partial charge in [-0.15, -0.1) is 0 Å². The monoisotopic (exact) mass is 433 g/mol. The normalized spacial score (nSPS) is 20.1. The van der Waals surface area contributed by atoms with Crippen LogP contribution in [0.3, 0.4) is 0 Å². The lowest BCUT2D eigenvalue weighted by Gasteiger charge is -2.38. The summed E-state index contributed by atoms with van der Waals surface area (Å²) >= 11 is 0. The molecule has 2 aromatic carbocycles. The van der Waals surface area contributed by atoms with Crippen LogP contribution in [-0.4, -0.2) is 26.0 Å². The zero-order valence-corrected chi connectivity index (χ0v) is 18.5. The summed E-state index contributed by atoms with van der Waals surface area (Å²) in [5.74, 6) is -0.117. The lowest BCUT2D eigenvalue weighted by molar-refractivity contribution is -0.136. The second kappa shape index (κ2) is 9.30. The highest BCUT2D eigenvalue weighted by Gasteiger charge is 2.43. The number of hydrogen-bond donors (Lipinski definition) is 1. The standard InChI is InChI=1S/C26H27NO5/c1-16-23(26(29)31-3)24(25-19(27-16)10-7-11-20(25)28)18-12-13-21(30-2)22(14-18)32-15-17-8-5-4-6-9-17/h4-6,8-10,12-14,24-25,27H,7,11,15H2,1-3H3. The second-order valence-corrected chi connectivity index (χ2v) is 7.96. The van der Waals surface area contributed by atoms with Gasteiger partial charge in [-0.05, 0) is 36.6 Å². The Balaban J connectivity index is 1.77. The molecule has 0 radical (unpaired) electrons. The van der Waals surface area contributed by atoms with Crippen LogP contribution in [0.2, 0.25) is 0 Å². The topological polar surface area (TPSA) is 73.9 Å². The summed E-state index contributed by atoms with van der Waals surface area (Å²) in [4.78, 5) is 25.7. The first kappa shape index (κ1) is 21.7. The van der Waals surface area contributed by atoms with Gasteiger partial charge < -0.3 is 19.5 Å². The second-order valence-electron chi connectivity index (χ2n) is 7.96. The summed E-state index contributed by atoms with van der Waals surface area (Å²) in [6, 6.07) is 15.4. The number of Topliss-reactive ketones (excluding diaryl/α,β-unsaturated/α-hetero) is 1. The molecule has 2 unspecified atom stereocenters. The van der Waals surface area contributed by atoms with Crippen molar-refractivity contribution < 1.29 is 23.8 Å². The molecular formula is C26H27NO5. The van der Waals surface area contributed by atoms with E-state index < -0.39 is 17.8 Å². The number of ether oxygens (including phenoxy) is 3. The lowest BCUT2D eigenvalue weighted by atomic mass is 9.71. The third-order valence-electron chi connectivity index (χ3n) is 6.01. The number of fused-ring (bicyclic) bond motifs is 1. The molecule has 0 fully saturated rings. The fourth-order valence-electron chi connectivity index (χ4n) is 4.49. The summed E-state index contributed by atoms with van der Waals surface area (Å²) in [5.41, 5.74) is 3.84. The molecule has 1 aliphatic carbocycles.